The van der Waals surface area contributed by atoms with E-state index in [1.807, 2.05) is 24.5 Å². The second-order valence-electron chi connectivity index (χ2n) is 5.60. The molecule has 0 spiro atoms. The van der Waals surface area contributed by atoms with Gasteiger partial charge in [-0.1, -0.05) is 10.3 Å². The molecule has 24 heavy (non-hydrogen) atoms. The SMILES string of the molecule is Cc1cc(-c2ccc(O)cc2)n(-c2c(C)noc2C)c1/C(N)=N/O. The molecule has 7 heteroatoms. The van der Waals surface area contributed by atoms with Crippen LogP contribution in [-0.4, -0.2) is 25.9 Å². The molecule has 4 N–H and O–H groups in total. The van der Waals surface area contributed by atoms with Crippen molar-refractivity contribution in [3.63, 3.8) is 0 Å². The van der Waals surface area contributed by atoms with Gasteiger partial charge in [-0.25, -0.2) is 0 Å². The van der Waals surface area contributed by atoms with Crippen molar-refractivity contribution >= 4 is 5.84 Å². The number of benzene rings is 1. The molecule has 0 unspecified atom stereocenters. The summed E-state index contributed by atoms with van der Waals surface area (Å²) in [6.07, 6.45) is 0. The maximum atomic E-state index is 9.53. The standard InChI is InChI=1S/C17H18N4O3/c1-9-8-14(12-4-6-13(22)7-5-12)21(15(9)17(18)19-23)16-10(2)20-24-11(16)3/h4-8,22-23H,1-3H3,(H2,18,19). The number of hydrogen-bond donors (Lipinski definition) is 3. The molecule has 1 aromatic carbocycles. The number of oxime groups is 1. The summed E-state index contributed by atoms with van der Waals surface area (Å²) in [6, 6.07) is 8.76. The summed E-state index contributed by atoms with van der Waals surface area (Å²) in [6.45, 7) is 5.52. The molecule has 0 bridgehead atoms. The second kappa shape index (κ2) is 5.77. The third-order valence-corrected chi connectivity index (χ3v) is 3.92. The summed E-state index contributed by atoms with van der Waals surface area (Å²) in [5.41, 5.74) is 10.4. The Morgan fingerprint density at radius 2 is 1.88 bits per heavy atom. The number of aromatic hydroxyl groups is 1. The zero-order chi connectivity index (χ0) is 17.4. The molecule has 0 aliphatic heterocycles. The van der Waals surface area contributed by atoms with Crippen LogP contribution in [0.4, 0.5) is 0 Å². The van der Waals surface area contributed by atoms with Gasteiger partial charge in [0, 0.05) is 0 Å². The highest BCUT2D eigenvalue weighted by Crippen LogP contribution is 2.33. The van der Waals surface area contributed by atoms with Gasteiger partial charge in [0.1, 0.15) is 17.1 Å². The minimum Gasteiger partial charge on any atom is -0.508 e. The lowest BCUT2D eigenvalue weighted by Gasteiger charge is -2.13. The molecule has 124 valence electrons. The first-order valence-corrected chi connectivity index (χ1v) is 7.37. The van der Waals surface area contributed by atoms with E-state index in [9.17, 15) is 5.11 Å². The van der Waals surface area contributed by atoms with E-state index >= 15 is 0 Å². The quantitative estimate of drug-likeness (QED) is 0.297. The topological polar surface area (TPSA) is 110 Å². The predicted molar refractivity (Wildman–Crippen MR) is 89.7 cm³/mol. The first kappa shape index (κ1) is 15.7. The molecule has 0 atom stereocenters. The Balaban J connectivity index is 2.37. The lowest BCUT2D eigenvalue weighted by Crippen LogP contribution is -2.19. The van der Waals surface area contributed by atoms with Crippen LogP contribution in [0.15, 0.2) is 40.0 Å². The third-order valence-electron chi connectivity index (χ3n) is 3.92. The Morgan fingerprint density at radius 1 is 1.21 bits per heavy atom. The molecule has 0 saturated carbocycles. The molecule has 3 rings (SSSR count). The number of nitrogens with zero attached hydrogens (tertiary/aromatic N) is 3. The summed E-state index contributed by atoms with van der Waals surface area (Å²) in [5.74, 6) is 0.801. The Kier molecular flexibility index (Phi) is 3.76. The van der Waals surface area contributed by atoms with E-state index in [0.717, 1.165) is 22.5 Å². The van der Waals surface area contributed by atoms with Crippen molar-refractivity contribution in [2.75, 3.05) is 0 Å². The molecule has 0 aliphatic carbocycles. The van der Waals surface area contributed by atoms with Crippen molar-refractivity contribution in [2.24, 2.45) is 10.9 Å². The number of amidine groups is 1. The highest BCUT2D eigenvalue weighted by molar-refractivity contribution is 5.99. The number of nitrogens with two attached hydrogens (primary N) is 1. The second-order valence-corrected chi connectivity index (χ2v) is 5.60. The minimum atomic E-state index is -0.00229. The molecule has 0 radical (unpaired) electrons. The summed E-state index contributed by atoms with van der Waals surface area (Å²) >= 11 is 0. The fraction of sp³-hybridized carbons (Fsp3) is 0.176. The summed E-state index contributed by atoms with van der Waals surface area (Å²) in [5, 5.41) is 25.8. The smallest absolute Gasteiger partial charge is 0.187 e. The molecule has 3 aromatic rings. The molecule has 0 saturated heterocycles. The highest BCUT2D eigenvalue weighted by atomic mass is 16.5. The van der Waals surface area contributed by atoms with Crippen molar-refractivity contribution in [1.82, 2.24) is 9.72 Å². The van der Waals surface area contributed by atoms with E-state index in [-0.39, 0.29) is 11.6 Å². The summed E-state index contributed by atoms with van der Waals surface area (Å²) < 4.78 is 7.14. The van der Waals surface area contributed by atoms with Gasteiger partial charge in [0.25, 0.3) is 0 Å². The van der Waals surface area contributed by atoms with E-state index in [4.69, 9.17) is 15.5 Å². The van der Waals surface area contributed by atoms with Gasteiger partial charge in [0.2, 0.25) is 0 Å². The van der Waals surface area contributed by atoms with Crippen LogP contribution < -0.4 is 5.73 Å². The van der Waals surface area contributed by atoms with E-state index in [1.54, 1.807) is 31.2 Å². The van der Waals surface area contributed by atoms with Crippen LogP contribution in [0, 0.1) is 20.8 Å². The number of aromatic nitrogens is 2. The van der Waals surface area contributed by atoms with Crippen LogP contribution in [0.1, 0.15) is 22.7 Å². The van der Waals surface area contributed by atoms with Crippen molar-refractivity contribution in [3.05, 3.63) is 53.0 Å². The van der Waals surface area contributed by atoms with Gasteiger partial charge in [-0.3, -0.25) is 0 Å². The fourth-order valence-corrected chi connectivity index (χ4v) is 2.87. The lowest BCUT2D eigenvalue weighted by atomic mass is 10.1. The van der Waals surface area contributed by atoms with Crippen molar-refractivity contribution in [2.45, 2.75) is 20.8 Å². The van der Waals surface area contributed by atoms with Gasteiger partial charge in [-0.05, 0) is 62.2 Å². The zero-order valence-electron chi connectivity index (χ0n) is 13.6. The van der Waals surface area contributed by atoms with Gasteiger partial charge in [-0.15, -0.1) is 0 Å². The number of rotatable bonds is 3. The Bertz CT molecular complexity index is 901. The molecule has 2 heterocycles. The normalized spacial score (nSPS) is 11.9. The van der Waals surface area contributed by atoms with Gasteiger partial charge in [-0.2, -0.15) is 0 Å². The number of phenolic OH excluding ortho intramolecular Hbond substituents is 1. The lowest BCUT2D eigenvalue weighted by molar-refractivity contribution is 0.318. The summed E-state index contributed by atoms with van der Waals surface area (Å²) in [4.78, 5) is 0. The zero-order valence-corrected chi connectivity index (χ0v) is 13.6. The van der Waals surface area contributed by atoms with Crippen LogP contribution in [-0.2, 0) is 0 Å². The largest absolute Gasteiger partial charge is 0.508 e. The Morgan fingerprint density at radius 3 is 2.42 bits per heavy atom. The maximum absolute atomic E-state index is 9.53. The molecular formula is C17H18N4O3. The molecule has 7 nitrogen and oxygen atoms in total. The van der Waals surface area contributed by atoms with E-state index < -0.39 is 0 Å². The number of aryl methyl sites for hydroxylation is 3. The van der Waals surface area contributed by atoms with Gasteiger partial charge < -0.3 is 25.1 Å². The first-order chi connectivity index (χ1) is 11.4. The van der Waals surface area contributed by atoms with E-state index in [2.05, 4.69) is 10.3 Å². The molecule has 0 aliphatic rings. The Hall–Kier alpha value is -3.22. The third kappa shape index (κ3) is 2.40. The average Bonchev–Trinajstić information content (AvgIpc) is 3.06. The maximum Gasteiger partial charge on any atom is 0.187 e. The number of hydrogen-bond acceptors (Lipinski definition) is 5. The van der Waals surface area contributed by atoms with Crippen LogP contribution in [0.25, 0.3) is 16.9 Å². The predicted octanol–water partition coefficient (Wildman–Crippen LogP) is 2.86. The van der Waals surface area contributed by atoms with Gasteiger partial charge in [0.15, 0.2) is 11.6 Å². The highest BCUT2D eigenvalue weighted by Gasteiger charge is 2.23. The van der Waals surface area contributed by atoms with Crippen LogP contribution in [0.3, 0.4) is 0 Å². The average molecular weight is 326 g/mol. The number of phenols is 1. The van der Waals surface area contributed by atoms with Crippen LogP contribution in [0.2, 0.25) is 0 Å². The van der Waals surface area contributed by atoms with Gasteiger partial charge >= 0.3 is 0 Å². The Labute approximate surface area is 138 Å². The fourth-order valence-electron chi connectivity index (χ4n) is 2.87. The van der Waals surface area contributed by atoms with Crippen LogP contribution >= 0.6 is 0 Å². The molecule has 0 amide bonds. The summed E-state index contributed by atoms with van der Waals surface area (Å²) in [7, 11) is 0. The van der Waals surface area contributed by atoms with E-state index in [0.29, 0.717) is 17.1 Å². The van der Waals surface area contributed by atoms with E-state index in [1.165, 1.54) is 0 Å². The van der Waals surface area contributed by atoms with Crippen molar-refractivity contribution in [3.8, 4) is 22.7 Å². The van der Waals surface area contributed by atoms with Gasteiger partial charge in [0.05, 0.1) is 11.4 Å². The van der Waals surface area contributed by atoms with Crippen molar-refractivity contribution in [1.29, 1.82) is 0 Å². The molecular weight excluding hydrogens is 308 g/mol. The molecule has 0 fully saturated rings. The first-order valence-electron chi connectivity index (χ1n) is 7.37. The molecule has 2 aromatic heterocycles. The minimum absolute atomic E-state index is 0.00229. The monoisotopic (exact) mass is 326 g/mol. The van der Waals surface area contributed by atoms with Crippen LogP contribution in [0.5, 0.6) is 5.75 Å². The van der Waals surface area contributed by atoms with Crippen molar-refractivity contribution < 1.29 is 14.8 Å².